The molecule has 7 heteroatoms. The molecule has 0 saturated carbocycles. The molecule has 84 valence electrons. The summed E-state index contributed by atoms with van der Waals surface area (Å²) in [6, 6.07) is 1.66. The number of aromatic nitrogens is 1. The summed E-state index contributed by atoms with van der Waals surface area (Å²) in [6.07, 6.45) is 2.14. The molecule has 2 heterocycles. The van der Waals surface area contributed by atoms with Crippen LogP contribution in [0.3, 0.4) is 0 Å². The lowest BCUT2D eigenvalue weighted by Crippen LogP contribution is -2.36. The van der Waals surface area contributed by atoms with E-state index in [0.29, 0.717) is 17.9 Å². The van der Waals surface area contributed by atoms with E-state index in [1.165, 1.54) is 6.20 Å². The van der Waals surface area contributed by atoms with E-state index in [9.17, 15) is 9.59 Å². The Labute approximate surface area is 90.9 Å². The standard InChI is InChI=1S/C9H10N4O3/c14-8-2-1-7(12-13-8)9(15)10-5-6-3-4-11-16-6/h3-4H,1-2,5H2,(H,10,15)(H,13,14). The predicted octanol–water partition coefficient (Wildman–Crippen LogP) is -0.443. The topological polar surface area (TPSA) is 96.6 Å². The van der Waals surface area contributed by atoms with Gasteiger partial charge in [0, 0.05) is 18.9 Å². The number of amides is 2. The van der Waals surface area contributed by atoms with Crippen molar-refractivity contribution in [1.29, 1.82) is 0 Å². The Morgan fingerprint density at radius 3 is 3.06 bits per heavy atom. The summed E-state index contributed by atoms with van der Waals surface area (Å²) in [7, 11) is 0. The Morgan fingerprint density at radius 1 is 1.56 bits per heavy atom. The van der Waals surface area contributed by atoms with Crippen LogP contribution in [0, 0.1) is 0 Å². The van der Waals surface area contributed by atoms with Gasteiger partial charge in [-0.2, -0.15) is 5.10 Å². The van der Waals surface area contributed by atoms with Crippen LogP contribution in [-0.4, -0.2) is 22.7 Å². The molecule has 0 spiro atoms. The van der Waals surface area contributed by atoms with Gasteiger partial charge in [0.2, 0.25) is 5.91 Å². The van der Waals surface area contributed by atoms with Gasteiger partial charge in [-0.05, 0) is 0 Å². The van der Waals surface area contributed by atoms with Crippen molar-refractivity contribution in [3.63, 3.8) is 0 Å². The van der Waals surface area contributed by atoms with E-state index < -0.39 is 0 Å². The molecule has 2 amide bonds. The molecule has 7 nitrogen and oxygen atoms in total. The summed E-state index contributed by atoms with van der Waals surface area (Å²) in [6.45, 7) is 0.256. The zero-order chi connectivity index (χ0) is 11.4. The van der Waals surface area contributed by atoms with E-state index in [1.54, 1.807) is 6.07 Å². The minimum Gasteiger partial charge on any atom is -0.360 e. The van der Waals surface area contributed by atoms with E-state index in [4.69, 9.17) is 4.52 Å². The lowest BCUT2D eigenvalue weighted by molar-refractivity contribution is -0.121. The van der Waals surface area contributed by atoms with Gasteiger partial charge in [0.25, 0.3) is 5.91 Å². The van der Waals surface area contributed by atoms with E-state index >= 15 is 0 Å². The van der Waals surface area contributed by atoms with Gasteiger partial charge < -0.3 is 9.84 Å². The highest BCUT2D eigenvalue weighted by molar-refractivity contribution is 6.39. The summed E-state index contributed by atoms with van der Waals surface area (Å²) >= 11 is 0. The normalized spacial score (nSPS) is 15.2. The van der Waals surface area contributed by atoms with Crippen molar-refractivity contribution in [3.8, 4) is 0 Å². The van der Waals surface area contributed by atoms with Gasteiger partial charge in [0.1, 0.15) is 5.71 Å². The van der Waals surface area contributed by atoms with Crippen LogP contribution in [0.15, 0.2) is 21.9 Å². The molecule has 1 aliphatic heterocycles. The number of hydrogen-bond donors (Lipinski definition) is 2. The molecule has 0 radical (unpaired) electrons. The Hall–Kier alpha value is -2.18. The second-order valence-corrected chi connectivity index (χ2v) is 3.25. The molecule has 1 aromatic rings. The van der Waals surface area contributed by atoms with Crippen molar-refractivity contribution in [3.05, 3.63) is 18.0 Å². The van der Waals surface area contributed by atoms with Crippen molar-refractivity contribution < 1.29 is 14.1 Å². The number of carbonyl (C=O) groups excluding carboxylic acids is 2. The minimum absolute atomic E-state index is 0.174. The highest BCUT2D eigenvalue weighted by Crippen LogP contribution is 2.00. The third-order valence-electron chi connectivity index (χ3n) is 2.08. The Balaban J connectivity index is 1.86. The SMILES string of the molecule is O=C1CCC(C(=O)NCc2ccno2)=NN1. The zero-order valence-corrected chi connectivity index (χ0v) is 8.40. The van der Waals surface area contributed by atoms with Crippen molar-refractivity contribution in [2.45, 2.75) is 19.4 Å². The summed E-state index contributed by atoms with van der Waals surface area (Å²) in [5.74, 6) is 0.0805. The molecule has 0 saturated heterocycles. The first-order valence-electron chi connectivity index (χ1n) is 4.79. The van der Waals surface area contributed by atoms with E-state index in [0.717, 1.165) is 0 Å². The van der Waals surface area contributed by atoms with Crippen LogP contribution in [0.4, 0.5) is 0 Å². The lowest BCUT2D eigenvalue weighted by Gasteiger charge is -2.10. The van der Waals surface area contributed by atoms with Crippen LogP contribution in [0.25, 0.3) is 0 Å². The van der Waals surface area contributed by atoms with Crippen LogP contribution < -0.4 is 10.7 Å². The summed E-state index contributed by atoms with van der Waals surface area (Å²) in [4.78, 5) is 22.3. The Bertz CT molecular complexity index is 424. The third kappa shape index (κ3) is 2.44. The molecule has 0 aliphatic carbocycles. The molecule has 0 bridgehead atoms. The van der Waals surface area contributed by atoms with Gasteiger partial charge in [-0.25, -0.2) is 5.43 Å². The fourth-order valence-electron chi connectivity index (χ4n) is 1.24. The van der Waals surface area contributed by atoms with Crippen LogP contribution >= 0.6 is 0 Å². The molecule has 1 aromatic heterocycles. The quantitative estimate of drug-likeness (QED) is 0.724. The molecule has 0 atom stereocenters. The fourth-order valence-corrected chi connectivity index (χ4v) is 1.24. The summed E-state index contributed by atoms with van der Waals surface area (Å²) < 4.78 is 4.81. The van der Waals surface area contributed by atoms with E-state index in [-0.39, 0.29) is 24.8 Å². The summed E-state index contributed by atoms with van der Waals surface area (Å²) in [5, 5.41) is 9.79. The van der Waals surface area contributed by atoms with Crippen molar-refractivity contribution in [1.82, 2.24) is 15.9 Å². The first-order valence-corrected chi connectivity index (χ1v) is 4.79. The number of carbonyl (C=O) groups is 2. The molecule has 0 aromatic carbocycles. The fraction of sp³-hybridized carbons (Fsp3) is 0.333. The van der Waals surface area contributed by atoms with Crippen LogP contribution in [-0.2, 0) is 16.1 Å². The monoisotopic (exact) mass is 222 g/mol. The maximum atomic E-state index is 11.5. The molecule has 2 rings (SSSR count). The molecular weight excluding hydrogens is 212 g/mol. The number of rotatable bonds is 3. The third-order valence-corrected chi connectivity index (χ3v) is 2.08. The first kappa shape index (κ1) is 10.3. The predicted molar refractivity (Wildman–Crippen MR) is 53.2 cm³/mol. The van der Waals surface area contributed by atoms with Crippen molar-refractivity contribution >= 4 is 17.5 Å². The van der Waals surface area contributed by atoms with Gasteiger partial charge in [-0.3, -0.25) is 9.59 Å². The Morgan fingerprint density at radius 2 is 2.44 bits per heavy atom. The molecule has 16 heavy (non-hydrogen) atoms. The first-order chi connectivity index (χ1) is 7.75. The van der Waals surface area contributed by atoms with Crippen molar-refractivity contribution in [2.24, 2.45) is 5.10 Å². The molecular formula is C9H10N4O3. The van der Waals surface area contributed by atoms with Gasteiger partial charge in [0.05, 0.1) is 12.7 Å². The number of nitrogens with zero attached hydrogens (tertiary/aromatic N) is 2. The highest BCUT2D eigenvalue weighted by atomic mass is 16.5. The lowest BCUT2D eigenvalue weighted by atomic mass is 10.1. The maximum absolute atomic E-state index is 11.5. The Kier molecular flexibility index (Phi) is 2.95. The number of hydrogen-bond acceptors (Lipinski definition) is 5. The van der Waals surface area contributed by atoms with Gasteiger partial charge in [0.15, 0.2) is 5.76 Å². The highest BCUT2D eigenvalue weighted by Gasteiger charge is 2.17. The average Bonchev–Trinajstić information content (AvgIpc) is 2.80. The second kappa shape index (κ2) is 4.56. The molecule has 0 fully saturated rings. The molecule has 1 aliphatic rings. The van der Waals surface area contributed by atoms with Crippen LogP contribution in [0.1, 0.15) is 18.6 Å². The maximum Gasteiger partial charge on any atom is 0.267 e. The zero-order valence-electron chi connectivity index (χ0n) is 8.40. The smallest absolute Gasteiger partial charge is 0.267 e. The molecule has 2 N–H and O–H groups in total. The van der Waals surface area contributed by atoms with E-state index in [1.807, 2.05) is 0 Å². The number of hydrazone groups is 1. The van der Waals surface area contributed by atoms with Gasteiger partial charge >= 0.3 is 0 Å². The second-order valence-electron chi connectivity index (χ2n) is 3.25. The van der Waals surface area contributed by atoms with E-state index in [2.05, 4.69) is 21.0 Å². The van der Waals surface area contributed by atoms with Crippen LogP contribution in [0.5, 0.6) is 0 Å². The van der Waals surface area contributed by atoms with Gasteiger partial charge in [-0.15, -0.1) is 0 Å². The number of nitrogens with one attached hydrogen (secondary N) is 2. The molecule has 0 unspecified atom stereocenters. The van der Waals surface area contributed by atoms with Crippen LogP contribution in [0.2, 0.25) is 0 Å². The minimum atomic E-state index is -0.309. The summed E-state index contributed by atoms with van der Waals surface area (Å²) in [5.41, 5.74) is 2.58. The largest absolute Gasteiger partial charge is 0.360 e. The van der Waals surface area contributed by atoms with Gasteiger partial charge in [-0.1, -0.05) is 5.16 Å². The average molecular weight is 222 g/mol. The van der Waals surface area contributed by atoms with Crippen molar-refractivity contribution in [2.75, 3.05) is 0 Å².